The van der Waals surface area contributed by atoms with Crippen molar-refractivity contribution in [3.63, 3.8) is 0 Å². The highest BCUT2D eigenvalue weighted by Gasteiger charge is 2.51. The number of hydrogen-bond acceptors (Lipinski definition) is 5. The standard InChI is InChI=1S/C26H26F3N3O5/c1-2-11-37-25(36)31-20(13-17-7-4-3-5-8-17)22(33)24(35)32-16-26(28,29)14-21(32)23(34)30-15-18-9-6-10-19(27)12-18/h1,3-10,12,20-22,33H,11,13-16H2,(H,30,34)(H,31,36)/t20-,21-,22-/m0/s1. The van der Waals surface area contributed by atoms with Gasteiger partial charge in [-0.3, -0.25) is 9.59 Å². The van der Waals surface area contributed by atoms with Crippen molar-refractivity contribution in [1.29, 1.82) is 0 Å². The molecule has 0 saturated carbocycles. The molecule has 1 heterocycles. The fourth-order valence-corrected chi connectivity index (χ4v) is 3.99. The van der Waals surface area contributed by atoms with E-state index in [-0.39, 0.29) is 19.6 Å². The molecule has 196 valence electrons. The fourth-order valence-electron chi connectivity index (χ4n) is 3.99. The molecule has 2 aromatic carbocycles. The lowest BCUT2D eigenvalue weighted by molar-refractivity contribution is -0.147. The molecule has 3 atom stereocenters. The summed E-state index contributed by atoms with van der Waals surface area (Å²) in [7, 11) is 0. The van der Waals surface area contributed by atoms with Crippen molar-refractivity contribution in [2.45, 2.75) is 43.5 Å². The topological polar surface area (TPSA) is 108 Å². The number of ether oxygens (including phenoxy) is 1. The van der Waals surface area contributed by atoms with Crippen LogP contribution in [0.3, 0.4) is 0 Å². The van der Waals surface area contributed by atoms with Gasteiger partial charge >= 0.3 is 6.09 Å². The van der Waals surface area contributed by atoms with Crippen LogP contribution in [0.2, 0.25) is 0 Å². The van der Waals surface area contributed by atoms with Crippen LogP contribution < -0.4 is 10.6 Å². The van der Waals surface area contributed by atoms with Crippen molar-refractivity contribution >= 4 is 17.9 Å². The number of hydrogen-bond donors (Lipinski definition) is 3. The predicted octanol–water partition coefficient (Wildman–Crippen LogP) is 2.01. The molecule has 2 aromatic rings. The number of carbonyl (C=O) groups is 3. The Hall–Kier alpha value is -4.04. The zero-order valence-corrected chi connectivity index (χ0v) is 19.7. The third-order valence-electron chi connectivity index (χ3n) is 5.73. The minimum absolute atomic E-state index is 0.0421. The molecule has 0 aromatic heterocycles. The van der Waals surface area contributed by atoms with Gasteiger partial charge < -0.3 is 25.4 Å². The van der Waals surface area contributed by atoms with E-state index in [1.807, 2.05) is 0 Å². The fraction of sp³-hybridized carbons (Fsp3) is 0.346. The van der Waals surface area contributed by atoms with Crippen LogP contribution in [0.5, 0.6) is 0 Å². The summed E-state index contributed by atoms with van der Waals surface area (Å²) in [5.74, 6) is -3.86. The van der Waals surface area contributed by atoms with Crippen LogP contribution in [0.15, 0.2) is 54.6 Å². The number of nitrogens with one attached hydrogen (secondary N) is 2. The maximum absolute atomic E-state index is 14.3. The molecule has 3 amide bonds. The van der Waals surface area contributed by atoms with Gasteiger partial charge in [0.15, 0.2) is 12.7 Å². The van der Waals surface area contributed by atoms with Gasteiger partial charge in [0, 0.05) is 13.0 Å². The molecule has 3 N–H and O–H groups in total. The number of likely N-dealkylation sites (tertiary alicyclic amines) is 1. The van der Waals surface area contributed by atoms with Gasteiger partial charge in [-0.2, -0.15) is 0 Å². The number of alkyl halides is 2. The molecule has 0 aliphatic carbocycles. The molecule has 0 unspecified atom stereocenters. The lowest BCUT2D eigenvalue weighted by atomic mass is 10.00. The number of nitrogens with zero attached hydrogens (tertiary/aromatic N) is 1. The van der Waals surface area contributed by atoms with Crippen molar-refractivity contribution < 1.29 is 37.4 Å². The molecule has 37 heavy (non-hydrogen) atoms. The van der Waals surface area contributed by atoms with Gasteiger partial charge in [-0.05, 0) is 29.7 Å². The minimum atomic E-state index is -3.38. The van der Waals surface area contributed by atoms with E-state index in [1.165, 1.54) is 18.2 Å². The number of benzene rings is 2. The first-order valence-electron chi connectivity index (χ1n) is 11.4. The van der Waals surface area contributed by atoms with Gasteiger partial charge in [0.25, 0.3) is 11.8 Å². The smallest absolute Gasteiger partial charge is 0.408 e. The Labute approximate surface area is 211 Å². The van der Waals surface area contributed by atoms with Crippen LogP contribution in [-0.2, 0) is 27.3 Å². The first kappa shape index (κ1) is 27.5. The number of amides is 3. The summed E-state index contributed by atoms with van der Waals surface area (Å²) in [6.07, 6.45) is 1.08. The number of rotatable bonds is 9. The van der Waals surface area contributed by atoms with E-state index in [2.05, 4.69) is 16.6 Å². The second-order valence-corrected chi connectivity index (χ2v) is 8.56. The molecular weight excluding hydrogens is 491 g/mol. The van der Waals surface area contributed by atoms with Crippen LogP contribution in [0.25, 0.3) is 0 Å². The number of alkyl carbamates (subject to hydrolysis) is 1. The van der Waals surface area contributed by atoms with Crippen LogP contribution in [0, 0.1) is 18.2 Å². The van der Waals surface area contributed by atoms with Crippen LogP contribution in [-0.4, -0.2) is 65.2 Å². The SMILES string of the molecule is C#CCOC(=O)N[C@@H](Cc1ccccc1)[C@H](O)C(=O)N1CC(F)(F)C[C@H]1C(=O)NCc1cccc(F)c1. The molecule has 3 rings (SSSR count). The number of aliphatic hydroxyl groups is 1. The van der Waals surface area contributed by atoms with Gasteiger partial charge in [-0.15, -0.1) is 6.42 Å². The van der Waals surface area contributed by atoms with Crippen LogP contribution >= 0.6 is 0 Å². The van der Waals surface area contributed by atoms with Gasteiger partial charge in [-0.25, -0.2) is 18.0 Å². The van der Waals surface area contributed by atoms with Gasteiger partial charge in [0.2, 0.25) is 5.91 Å². The van der Waals surface area contributed by atoms with E-state index < -0.39 is 60.8 Å². The first-order chi connectivity index (χ1) is 17.6. The molecular formula is C26H26F3N3O5. The van der Waals surface area contributed by atoms with Gasteiger partial charge in [0.1, 0.15) is 11.9 Å². The normalized spacial score (nSPS) is 17.8. The van der Waals surface area contributed by atoms with E-state index in [9.17, 15) is 32.7 Å². The number of halogens is 3. The Bertz CT molecular complexity index is 1160. The summed E-state index contributed by atoms with van der Waals surface area (Å²) in [6.45, 7) is -1.61. The largest absolute Gasteiger partial charge is 0.436 e. The van der Waals surface area contributed by atoms with Crippen LogP contribution in [0.4, 0.5) is 18.0 Å². The highest BCUT2D eigenvalue weighted by Crippen LogP contribution is 2.33. The Balaban J connectivity index is 1.76. The first-order valence-corrected chi connectivity index (χ1v) is 11.4. The summed E-state index contributed by atoms with van der Waals surface area (Å²) in [6, 6.07) is 11.0. The predicted molar refractivity (Wildman–Crippen MR) is 127 cm³/mol. The summed E-state index contributed by atoms with van der Waals surface area (Å²) in [4.78, 5) is 38.6. The van der Waals surface area contributed by atoms with Crippen molar-refractivity contribution in [2.24, 2.45) is 0 Å². The molecule has 0 bridgehead atoms. The Morgan fingerprint density at radius 1 is 1.16 bits per heavy atom. The van der Waals surface area contributed by atoms with Gasteiger partial charge in [0.05, 0.1) is 12.6 Å². The second-order valence-electron chi connectivity index (χ2n) is 8.56. The Morgan fingerprint density at radius 2 is 1.86 bits per heavy atom. The molecule has 1 fully saturated rings. The summed E-state index contributed by atoms with van der Waals surface area (Å²) >= 11 is 0. The molecule has 1 aliphatic rings. The zero-order valence-electron chi connectivity index (χ0n) is 19.7. The van der Waals surface area contributed by atoms with Crippen molar-refractivity contribution in [3.05, 3.63) is 71.5 Å². The summed E-state index contributed by atoms with van der Waals surface area (Å²) < 4.78 is 46.8. The average molecular weight is 518 g/mol. The second kappa shape index (κ2) is 12.3. The van der Waals surface area contributed by atoms with Crippen molar-refractivity contribution in [2.75, 3.05) is 13.2 Å². The third-order valence-corrected chi connectivity index (χ3v) is 5.73. The quantitative estimate of drug-likeness (QED) is 0.441. The van der Waals surface area contributed by atoms with E-state index >= 15 is 0 Å². The Morgan fingerprint density at radius 3 is 2.54 bits per heavy atom. The van der Waals surface area contributed by atoms with Crippen molar-refractivity contribution in [3.8, 4) is 12.3 Å². The Kier molecular flexibility index (Phi) is 9.14. The average Bonchev–Trinajstić information content (AvgIpc) is 3.20. The maximum Gasteiger partial charge on any atom is 0.408 e. The molecule has 1 aliphatic heterocycles. The van der Waals surface area contributed by atoms with E-state index in [0.29, 0.717) is 16.0 Å². The number of aliphatic hydroxyl groups excluding tert-OH is 1. The zero-order chi connectivity index (χ0) is 27.0. The van der Waals surface area contributed by atoms with Crippen molar-refractivity contribution in [1.82, 2.24) is 15.5 Å². The lowest BCUT2D eigenvalue weighted by Gasteiger charge is -2.29. The minimum Gasteiger partial charge on any atom is -0.436 e. The monoisotopic (exact) mass is 517 g/mol. The van der Waals surface area contributed by atoms with Gasteiger partial charge in [-0.1, -0.05) is 48.4 Å². The maximum atomic E-state index is 14.3. The lowest BCUT2D eigenvalue weighted by Crippen LogP contribution is -2.56. The van der Waals surface area contributed by atoms with E-state index in [4.69, 9.17) is 11.2 Å². The third kappa shape index (κ3) is 7.72. The van der Waals surface area contributed by atoms with E-state index in [0.717, 1.165) is 0 Å². The molecule has 0 spiro atoms. The molecule has 0 radical (unpaired) electrons. The molecule has 1 saturated heterocycles. The highest BCUT2D eigenvalue weighted by atomic mass is 19.3. The highest BCUT2D eigenvalue weighted by molar-refractivity contribution is 5.90. The number of carbonyl (C=O) groups excluding carboxylic acids is 3. The molecule has 8 nitrogen and oxygen atoms in total. The van der Waals surface area contributed by atoms with Crippen LogP contribution in [0.1, 0.15) is 17.5 Å². The summed E-state index contributed by atoms with van der Waals surface area (Å²) in [5, 5.41) is 15.6. The summed E-state index contributed by atoms with van der Waals surface area (Å²) in [5.41, 5.74) is 1.03. The van der Waals surface area contributed by atoms with E-state index in [1.54, 1.807) is 36.4 Å². The molecule has 11 heteroatoms. The number of terminal acetylenes is 1.